The van der Waals surface area contributed by atoms with E-state index in [9.17, 15) is 18.8 Å². The first kappa shape index (κ1) is 20.8. The smallest absolute Gasteiger partial charge is 0.325 e. The number of carbonyl (C=O) groups excluding carboxylic acids is 3. The van der Waals surface area contributed by atoms with E-state index in [-0.39, 0.29) is 36.1 Å². The van der Waals surface area contributed by atoms with Gasteiger partial charge in [0.2, 0.25) is 5.91 Å². The SMILES string of the molecule is CCN1CCC2(CC1)NC(=O)N(C1CCCN(C(=O)Cc3cccc(F)c3)C1)C2=O. The molecule has 3 saturated heterocycles. The van der Waals surface area contributed by atoms with Crippen molar-refractivity contribution in [3.05, 3.63) is 35.6 Å². The van der Waals surface area contributed by atoms with Crippen LogP contribution >= 0.6 is 0 Å². The molecule has 1 spiro atoms. The summed E-state index contributed by atoms with van der Waals surface area (Å²) in [5.41, 5.74) is -0.171. The number of halogens is 1. The third-order valence-corrected chi connectivity index (χ3v) is 6.71. The van der Waals surface area contributed by atoms with Gasteiger partial charge in [0.05, 0.1) is 12.5 Å². The quantitative estimate of drug-likeness (QED) is 0.760. The van der Waals surface area contributed by atoms with E-state index in [1.807, 2.05) is 0 Å². The highest BCUT2D eigenvalue weighted by Crippen LogP contribution is 2.32. The summed E-state index contributed by atoms with van der Waals surface area (Å²) >= 11 is 0. The number of carbonyl (C=O) groups is 3. The number of nitrogens with one attached hydrogen (secondary N) is 1. The molecule has 162 valence electrons. The number of urea groups is 1. The maximum absolute atomic E-state index is 13.4. The number of hydrogen-bond acceptors (Lipinski definition) is 4. The Morgan fingerprint density at radius 2 is 2.00 bits per heavy atom. The number of nitrogens with zero attached hydrogens (tertiary/aromatic N) is 3. The van der Waals surface area contributed by atoms with Crippen LogP contribution in [-0.2, 0) is 16.0 Å². The highest BCUT2D eigenvalue weighted by Gasteiger charge is 2.54. The fourth-order valence-corrected chi connectivity index (χ4v) is 4.89. The molecule has 7 nitrogen and oxygen atoms in total. The minimum Gasteiger partial charge on any atom is -0.340 e. The van der Waals surface area contributed by atoms with E-state index in [4.69, 9.17) is 0 Å². The molecule has 3 aliphatic heterocycles. The number of benzene rings is 1. The molecule has 4 rings (SSSR count). The topological polar surface area (TPSA) is 73.0 Å². The normalized spacial score (nSPS) is 24.4. The van der Waals surface area contributed by atoms with Crippen LogP contribution in [-0.4, -0.2) is 76.8 Å². The lowest BCUT2D eigenvalue weighted by Gasteiger charge is -2.39. The van der Waals surface area contributed by atoms with Crippen molar-refractivity contribution in [3.8, 4) is 0 Å². The largest absolute Gasteiger partial charge is 0.340 e. The van der Waals surface area contributed by atoms with Crippen LogP contribution in [0, 0.1) is 5.82 Å². The zero-order chi connectivity index (χ0) is 21.3. The highest BCUT2D eigenvalue weighted by molar-refractivity contribution is 6.07. The predicted molar refractivity (Wildman–Crippen MR) is 109 cm³/mol. The second-order valence-corrected chi connectivity index (χ2v) is 8.56. The van der Waals surface area contributed by atoms with Gasteiger partial charge in [0.25, 0.3) is 5.91 Å². The lowest BCUT2D eigenvalue weighted by atomic mass is 9.87. The third kappa shape index (κ3) is 3.93. The molecule has 0 saturated carbocycles. The number of hydrogen-bond donors (Lipinski definition) is 1. The van der Waals surface area contributed by atoms with Crippen molar-refractivity contribution in [3.63, 3.8) is 0 Å². The molecule has 1 N–H and O–H groups in total. The third-order valence-electron chi connectivity index (χ3n) is 6.71. The van der Waals surface area contributed by atoms with Crippen LogP contribution in [0.15, 0.2) is 24.3 Å². The molecule has 3 fully saturated rings. The molecule has 3 heterocycles. The Hall–Kier alpha value is -2.48. The van der Waals surface area contributed by atoms with Crippen molar-refractivity contribution >= 4 is 17.8 Å². The molecule has 0 aromatic heterocycles. The van der Waals surface area contributed by atoms with E-state index in [2.05, 4.69) is 17.1 Å². The van der Waals surface area contributed by atoms with Crippen LogP contribution in [0.4, 0.5) is 9.18 Å². The Bertz CT molecular complexity index is 837. The summed E-state index contributed by atoms with van der Waals surface area (Å²) in [5.74, 6) is -0.619. The molecule has 3 aliphatic rings. The summed E-state index contributed by atoms with van der Waals surface area (Å²) in [6.07, 6.45) is 2.78. The van der Waals surface area contributed by atoms with Crippen LogP contribution in [0.1, 0.15) is 38.2 Å². The van der Waals surface area contributed by atoms with Crippen molar-refractivity contribution in [2.75, 3.05) is 32.7 Å². The van der Waals surface area contributed by atoms with Gasteiger partial charge < -0.3 is 15.1 Å². The van der Waals surface area contributed by atoms with Gasteiger partial charge in [-0.15, -0.1) is 0 Å². The Kier molecular flexibility index (Phi) is 5.77. The van der Waals surface area contributed by atoms with Gasteiger partial charge in [-0.05, 0) is 49.9 Å². The summed E-state index contributed by atoms with van der Waals surface area (Å²) in [4.78, 5) is 44.1. The highest BCUT2D eigenvalue weighted by atomic mass is 19.1. The molecular formula is C22H29FN4O3. The first-order chi connectivity index (χ1) is 14.4. The zero-order valence-electron chi connectivity index (χ0n) is 17.4. The first-order valence-corrected chi connectivity index (χ1v) is 10.8. The number of amides is 4. The lowest BCUT2D eigenvalue weighted by molar-refractivity contribution is -0.138. The Balaban J connectivity index is 1.42. The molecule has 0 aliphatic carbocycles. The number of likely N-dealkylation sites (tertiary alicyclic amines) is 2. The van der Waals surface area contributed by atoms with Crippen molar-refractivity contribution in [2.45, 2.75) is 50.6 Å². The number of piperidine rings is 2. The van der Waals surface area contributed by atoms with E-state index in [1.54, 1.807) is 17.0 Å². The molecular weight excluding hydrogens is 387 g/mol. The van der Waals surface area contributed by atoms with Gasteiger partial charge in [-0.1, -0.05) is 19.1 Å². The fraction of sp³-hybridized carbons (Fsp3) is 0.591. The Labute approximate surface area is 176 Å². The maximum atomic E-state index is 13.4. The molecule has 0 bridgehead atoms. The van der Waals surface area contributed by atoms with Crippen molar-refractivity contribution in [1.82, 2.24) is 20.0 Å². The summed E-state index contributed by atoms with van der Waals surface area (Å²) < 4.78 is 13.4. The molecule has 30 heavy (non-hydrogen) atoms. The van der Waals surface area contributed by atoms with E-state index in [0.29, 0.717) is 37.9 Å². The summed E-state index contributed by atoms with van der Waals surface area (Å²) in [5, 5.41) is 2.97. The fourth-order valence-electron chi connectivity index (χ4n) is 4.89. The van der Waals surface area contributed by atoms with Crippen molar-refractivity contribution in [2.24, 2.45) is 0 Å². The second kappa shape index (κ2) is 8.34. The summed E-state index contributed by atoms with van der Waals surface area (Å²) in [6, 6.07) is 5.38. The minimum absolute atomic E-state index is 0.108. The Morgan fingerprint density at radius 3 is 2.70 bits per heavy atom. The molecule has 4 amide bonds. The minimum atomic E-state index is -0.795. The van der Waals surface area contributed by atoms with E-state index in [0.717, 1.165) is 26.1 Å². The van der Waals surface area contributed by atoms with Crippen molar-refractivity contribution < 1.29 is 18.8 Å². The number of rotatable bonds is 4. The Morgan fingerprint density at radius 1 is 1.23 bits per heavy atom. The average molecular weight is 416 g/mol. The molecule has 1 unspecified atom stereocenters. The van der Waals surface area contributed by atoms with Gasteiger partial charge in [0.1, 0.15) is 11.4 Å². The van der Waals surface area contributed by atoms with Gasteiger partial charge in [-0.2, -0.15) is 0 Å². The van der Waals surface area contributed by atoms with Gasteiger partial charge in [0, 0.05) is 26.2 Å². The molecule has 8 heteroatoms. The van der Waals surface area contributed by atoms with Crippen LogP contribution in [0.2, 0.25) is 0 Å². The van der Waals surface area contributed by atoms with Crippen LogP contribution in [0.25, 0.3) is 0 Å². The van der Waals surface area contributed by atoms with Gasteiger partial charge >= 0.3 is 6.03 Å². The van der Waals surface area contributed by atoms with Crippen molar-refractivity contribution in [1.29, 1.82) is 0 Å². The predicted octanol–water partition coefficient (Wildman–Crippen LogP) is 1.77. The standard InChI is InChI=1S/C22H29FN4O3/c1-2-25-11-8-22(9-12-25)20(29)27(21(30)24-22)18-7-4-10-26(15-18)19(28)14-16-5-3-6-17(23)13-16/h3,5-6,13,18H,2,4,7-12,14-15H2,1H3,(H,24,30). The van der Waals surface area contributed by atoms with Crippen LogP contribution in [0.3, 0.4) is 0 Å². The zero-order valence-corrected chi connectivity index (χ0v) is 17.4. The monoisotopic (exact) mass is 416 g/mol. The van der Waals surface area contributed by atoms with Gasteiger partial charge in [-0.25, -0.2) is 9.18 Å². The maximum Gasteiger partial charge on any atom is 0.325 e. The molecule has 1 aromatic carbocycles. The van der Waals surface area contributed by atoms with Crippen LogP contribution < -0.4 is 5.32 Å². The summed E-state index contributed by atoms with van der Waals surface area (Å²) in [6.45, 7) is 5.54. The lowest BCUT2D eigenvalue weighted by Crippen LogP contribution is -2.56. The van der Waals surface area contributed by atoms with E-state index < -0.39 is 5.54 Å². The second-order valence-electron chi connectivity index (χ2n) is 8.56. The first-order valence-electron chi connectivity index (χ1n) is 10.8. The molecule has 1 atom stereocenters. The molecule has 1 aromatic rings. The van der Waals surface area contributed by atoms with Gasteiger partial charge in [-0.3, -0.25) is 14.5 Å². The van der Waals surface area contributed by atoms with Gasteiger partial charge in [0.15, 0.2) is 0 Å². The van der Waals surface area contributed by atoms with E-state index in [1.165, 1.54) is 17.0 Å². The molecule has 0 radical (unpaired) electrons. The van der Waals surface area contributed by atoms with E-state index >= 15 is 0 Å². The van der Waals surface area contributed by atoms with Crippen LogP contribution in [0.5, 0.6) is 0 Å². The average Bonchev–Trinajstić information content (AvgIpc) is 2.98. The number of imide groups is 1. The summed E-state index contributed by atoms with van der Waals surface area (Å²) in [7, 11) is 0.